The summed E-state index contributed by atoms with van der Waals surface area (Å²) >= 11 is 0. The number of hydrogen-bond acceptors (Lipinski definition) is 2. The summed E-state index contributed by atoms with van der Waals surface area (Å²) in [5, 5.41) is 0.286. The quantitative estimate of drug-likeness (QED) is 0.471. The summed E-state index contributed by atoms with van der Waals surface area (Å²) in [4.78, 5) is 23.5. The van der Waals surface area contributed by atoms with Crippen LogP contribution >= 0.6 is 0 Å². The molecule has 0 unspecified atom stereocenters. The third-order valence-electron chi connectivity index (χ3n) is 3.51. The fourth-order valence-electron chi connectivity index (χ4n) is 2.08. The predicted octanol–water partition coefficient (Wildman–Crippen LogP) is 3.36. The van der Waals surface area contributed by atoms with Crippen molar-refractivity contribution in [2.75, 3.05) is 0 Å². The van der Waals surface area contributed by atoms with E-state index in [1.54, 1.807) is 0 Å². The molecule has 0 bridgehead atoms. The van der Waals surface area contributed by atoms with Gasteiger partial charge in [-0.05, 0) is 6.42 Å². The van der Waals surface area contributed by atoms with Crippen LogP contribution in [0.25, 0.3) is 0 Å². The molecule has 0 atom stereocenters. The van der Waals surface area contributed by atoms with Crippen molar-refractivity contribution in [3.63, 3.8) is 0 Å². The zero-order valence-electron chi connectivity index (χ0n) is 10.6. The zero-order chi connectivity index (χ0) is 11.9. The molecule has 0 aliphatic carbocycles. The van der Waals surface area contributed by atoms with Crippen molar-refractivity contribution in [3.8, 4) is 0 Å². The molecule has 0 aliphatic heterocycles. The summed E-state index contributed by atoms with van der Waals surface area (Å²) in [6, 6.07) is 2.95. The Bertz CT molecular complexity index is 211. The summed E-state index contributed by atoms with van der Waals surface area (Å²) < 4.78 is 0. The number of Topliss-reactive ketones (excluding diaryl/α,β-unsaturated/α-hetero) is 1. The minimum atomic E-state index is -1.77. The second-order valence-corrected chi connectivity index (χ2v) is 9.47. The van der Waals surface area contributed by atoms with Gasteiger partial charge < -0.3 is 4.79 Å². The van der Waals surface area contributed by atoms with Gasteiger partial charge in [0.2, 0.25) is 0 Å². The topological polar surface area (TPSA) is 34.1 Å². The van der Waals surface area contributed by atoms with Gasteiger partial charge in [0.05, 0.1) is 6.42 Å². The Morgan fingerprint density at radius 2 is 1.40 bits per heavy atom. The van der Waals surface area contributed by atoms with E-state index >= 15 is 0 Å². The van der Waals surface area contributed by atoms with Gasteiger partial charge in [-0.2, -0.15) is 0 Å². The first kappa shape index (κ1) is 14.6. The highest BCUT2D eigenvalue weighted by molar-refractivity contribution is 7.06. The van der Waals surface area contributed by atoms with E-state index in [1.807, 2.05) is 6.92 Å². The molecule has 0 amide bonds. The highest BCUT2D eigenvalue weighted by Gasteiger charge is 2.35. The molecule has 2 nitrogen and oxygen atoms in total. The molecule has 0 spiro atoms. The van der Waals surface area contributed by atoms with Crippen LogP contribution in [0, 0.1) is 0 Å². The van der Waals surface area contributed by atoms with Crippen LogP contribution in [0.3, 0.4) is 0 Å². The average molecular weight is 228 g/mol. The molecular formula is C12H24O2Si. The first-order valence-electron chi connectivity index (χ1n) is 6.11. The van der Waals surface area contributed by atoms with E-state index in [2.05, 4.69) is 20.8 Å². The van der Waals surface area contributed by atoms with E-state index in [0.717, 1.165) is 24.6 Å². The fraction of sp³-hybridized carbons (Fsp3) is 0.833. The van der Waals surface area contributed by atoms with Crippen molar-refractivity contribution in [3.05, 3.63) is 0 Å². The fourth-order valence-corrected chi connectivity index (χ4v) is 5.33. The SMILES string of the molecule is CCCC(=O)CC(=O)[Si](CC)(CC)CC. The minimum Gasteiger partial charge on any atom is -0.305 e. The number of carbonyl (C=O) groups is 2. The third-order valence-corrected chi connectivity index (χ3v) is 8.93. The smallest absolute Gasteiger partial charge is 0.139 e. The van der Waals surface area contributed by atoms with Crippen molar-refractivity contribution in [1.29, 1.82) is 0 Å². The number of rotatable bonds is 8. The molecule has 15 heavy (non-hydrogen) atoms. The van der Waals surface area contributed by atoms with Gasteiger partial charge in [-0.15, -0.1) is 0 Å². The molecule has 0 N–H and O–H groups in total. The molecular weight excluding hydrogens is 204 g/mol. The Morgan fingerprint density at radius 1 is 0.933 bits per heavy atom. The van der Waals surface area contributed by atoms with Crippen LogP contribution in [0.4, 0.5) is 0 Å². The van der Waals surface area contributed by atoms with Crippen molar-refractivity contribution >= 4 is 19.3 Å². The van der Waals surface area contributed by atoms with Gasteiger partial charge >= 0.3 is 0 Å². The Labute approximate surface area is 94.5 Å². The van der Waals surface area contributed by atoms with Crippen LogP contribution in [0.15, 0.2) is 0 Å². The maximum Gasteiger partial charge on any atom is 0.139 e. The summed E-state index contributed by atoms with van der Waals surface area (Å²) in [7, 11) is -1.77. The lowest BCUT2D eigenvalue weighted by atomic mass is 10.2. The summed E-state index contributed by atoms with van der Waals surface area (Å²) in [5.41, 5.74) is 0. The van der Waals surface area contributed by atoms with Crippen LogP contribution in [0.2, 0.25) is 18.1 Å². The molecule has 88 valence electrons. The van der Waals surface area contributed by atoms with Crippen LogP contribution in [0.5, 0.6) is 0 Å². The minimum absolute atomic E-state index is 0.134. The van der Waals surface area contributed by atoms with Crippen molar-refractivity contribution in [2.45, 2.75) is 65.1 Å². The normalized spacial score (nSPS) is 11.5. The standard InChI is InChI=1S/C12H24O2Si/c1-5-9-11(13)10-12(14)15(6-2,7-3)8-4/h5-10H2,1-4H3. The highest BCUT2D eigenvalue weighted by atomic mass is 28.3. The number of hydrogen-bond donors (Lipinski definition) is 0. The number of ketones is 1. The summed E-state index contributed by atoms with van der Waals surface area (Å²) in [6.45, 7) is 8.27. The second kappa shape index (κ2) is 6.93. The van der Waals surface area contributed by atoms with Crippen molar-refractivity contribution in [2.24, 2.45) is 0 Å². The summed E-state index contributed by atoms with van der Waals surface area (Å²) in [5.74, 6) is 0.134. The largest absolute Gasteiger partial charge is 0.305 e. The maximum atomic E-state index is 12.1. The van der Waals surface area contributed by atoms with E-state index in [1.165, 1.54) is 0 Å². The van der Waals surface area contributed by atoms with Crippen LogP contribution in [-0.4, -0.2) is 19.3 Å². The van der Waals surface area contributed by atoms with Gasteiger partial charge in [0.15, 0.2) is 0 Å². The lowest BCUT2D eigenvalue weighted by molar-refractivity contribution is -0.124. The first-order chi connectivity index (χ1) is 7.06. The zero-order valence-corrected chi connectivity index (χ0v) is 11.6. The van der Waals surface area contributed by atoms with Gasteiger partial charge in [-0.3, -0.25) is 4.79 Å². The van der Waals surface area contributed by atoms with E-state index in [-0.39, 0.29) is 17.6 Å². The van der Waals surface area contributed by atoms with Gasteiger partial charge in [0, 0.05) is 6.42 Å². The van der Waals surface area contributed by atoms with Crippen LogP contribution in [0.1, 0.15) is 47.0 Å². The Balaban J connectivity index is 4.45. The molecule has 0 rings (SSSR count). The van der Waals surface area contributed by atoms with E-state index < -0.39 is 8.07 Å². The van der Waals surface area contributed by atoms with Crippen molar-refractivity contribution in [1.82, 2.24) is 0 Å². The molecule has 0 aromatic carbocycles. The maximum absolute atomic E-state index is 12.1. The van der Waals surface area contributed by atoms with E-state index in [0.29, 0.717) is 6.42 Å². The Hall–Kier alpha value is -0.443. The second-order valence-electron chi connectivity index (χ2n) is 4.23. The van der Waals surface area contributed by atoms with Crippen molar-refractivity contribution < 1.29 is 9.59 Å². The van der Waals surface area contributed by atoms with Gasteiger partial charge in [0.1, 0.15) is 19.3 Å². The monoisotopic (exact) mass is 228 g/mol. The molecule has 0 aromatic rings. The Kier molecular flexibility index (Phi) is 6.73. The van der Waals surface area contributed by atoms with E-state index in [4.69, 9.17) is 0 Å². The molecule has 0 radical (unpaired) electrons. The van der Waals surface area contributed by atoms with Gasteiger partial charge in [-0.1, -0.05) is 45.8 Å². The van der Waals surface area contributed by atoms with E-state index in [9.17, 15) is 9.59 Å². The average Bonchev–Trinajstić information content (AvgIpc) is 2.21. The molecule has 0 saturated heterocycles. The lowest BCUT2D eigenvalue weighted by Crippen LogP contribution is -2.43. The highest BCUT2D eigenvalue weighted by Crippen LogP contribution is 2.23. The summed E-state index contributed by atoms with van der Waals surface area (Å²) in [6.07, 6.45) is 1.62. The predicted molar refractivity (Wildman–Crippen MR) is 66.7 cm³/mol. The molecule has 3 heteroatoms. The van der Waals surface area contributed by atoms with Gasteiger partial charge in [0.25, 0.3) is 0 Å². The lowest BCUT2D eigenvalue weighted by Gasteiger charge is -2.25. The molecule has 0 aromatic heterocycles. The van der Waals surface area contributed by atoms with Gasteiger partial charge in [-0.25, -0.2) is 0 Å². The molecule has 0 saturated carbocycles. The molecule has 0 aliphatic rings. The molecule has 0 fully saturated rings. The van der Waals surface area contributed by atoms with Crippen LogP contribution in [-0.2, 0) is 9.59 Å². The first-order valence-corrected chi connectivity index (χ1v) is 8.73. The third kappa shape index (κ3) is 3.90. The van der Waals surface area contributed by atoms with Crippen LogP contribution < -0.4 is 0 Å². The Morgan fingerprint density at radius 3 is 1.73 bits per heavy atom. The molecule has 0 heterocycles. The number of carbonyl (C=O) groups excluding carboxylic acids is 2.